The SMILES string of the molecule is COc1cccc(COC(CN)c2ccccc2)c1. The molecule has 0 heterocycles. The summed E-state index contributed by atoms with van der Waals surface area (Å²) in [4.78, 5) is 0. The molecule has 1 atom stereocenters. The molecular formula is C16H19NO2. The van der Waals surface area contributed by atoms with Gasteiger partial charge in [-0.1, -0.05) is 42.5 Å². The van der Waals surface area contributed by atoms with Crippen molar-refractivity contribution >= 4 is 0 Å². The Morgan fingerprint density at radius 2 is 1.84 bits per heavy atom. The van der Waals surface area contributed by atoms with Gasteiger partial charge in [0, 0.05) is 6.54 Å². The number of benzene rings is 2. The normalized spacial score (nSPS) is 12.1. The first-order chi connectivity index (χ1) is 9.33. The Morgan fingerprint density at radius 1 is 1.05 bits per heavy atom. The van der Waals surface area contributed by atoms with Crippen molar-refractivity contribution in [3.8, 4) is 5.75 Å². The summed E-state index contributed by atoms with van der Waals surface area (Å²) in [7, 11) is 1.66. The molecule has 2 aromatic carbocycles. The predicted octanol–water partition coefficient (Wildman–Crippen LogP) is 2.91. The molecule has 0 spiro atoms. The molecule has 19 heavy (non-hydrogen) atoms. The van der Waals surface area contributed by atoms with E-state index in [1.807, 2.05) is 54.6 Å². The fourth-order valence-corrected chi connectivity index (χ4v) is 1.93. The lowest BCUT2D eigenvalue weighted by Crippen LogP contribution is -2.15. The van der Waals surface area contributed by atoms with E-state index in [4.69, 9.17) is 15.2 Å². The van der Waals surface area contributed by atoms with Crippen LogP contribution in [0.25, 0.3) is 0 Å². The van der Waals surface area contributed by atoms with Gasteiger partial charge in [0.05, 0.1) is 19.8 Å². The third-order valence-electron chi connectivity index (χ3n) is 2.97. The van der Waals surface area contributed by atoms with E-state index in [2.05, 4.69) is 0 Å². The first kappa shape index (κ1) is 13.6. The highest BCUT2D eigenvalue weighted by Crippen LogP contribution is 2.19. The van der Waals surface area contributed by atoms with Crippen LogP contribution in [0.3, 0.4) is 0 Å². The van der Waals surface area contributed by atoms with Crippen LogP contribution < -0.4 is 10.5 Å². The summed E-state index contributed by atoms with van der Waals surface area (Å²) in [6.45, 7) is 0.988. The maximum atomic E-state index is 5.88. The molecule has 0 radical (unpaired) electrons. The van der Waals surface area contributed by atoms with Gasteiger partial charge in [-0.15, -0.1) is 0 Å². The Labute approximate surface area is 114 Å². The van der Waals surface area contributed by atoms with E-state index in [0.29, 0.717) is 13.2 Å². The second-order valence-corrected chi connectivity index (χ2v) is 4.30. The quantitative estimate of drug-likeness (QED) is 0.865. The molecule has 1 unspecified atom stereocenters. The van der Waals surface area contributed by atoms with Gasteiger partial charge in [-0.2, -0.15) is 0 Å². The molecule has 3 nitrogen and oxygen atoms in total. The molecule has 2 rings (SSSR count). The van der Waals surface area contributed by atoms with Gasteiger partial charge in [0.2, 0.25) is 0 Å². The van der Waals surface area contributed by atoms with Crippen LogP contribution in [0.1, 0.15) is 17.2 Å². The van der Waals surface area contributed by atoms with Crippen LogP contribution in [0.15, 0.2) is 54.6 Å². The van der Waals surface area contributed by atoms with E-state index in [1.54, 1.807) is 7.11 Å². The Balaban J connectivity index is 2.00. The van der Waals surface area contributed by atoms with Gasteiger partial charge in [0.25, 0.3) is 0 Å². The lowest BCUT2D eigenvalue weighted by atomic mass is 10.1. The van der Waals surface area contributed by atoms with Gasteiger partial charge in [0.1, 0.15) is 5.75 Å². The number of nitrogens with two attached hydrogens (primary N) is 1. The second-order valence-electron chi connectivity index (χ2n) is 4.30. The van der Waals surface area contributed by atoms with Crippen molar-refractivity contribution in [2.45, 2.75) is 12.7 Å². The van der Waals surface area contributed by atoms with Gasteiger partial charge >= 0.3 is 0 Å². The third kappa shape index (κ3) is 3.81. The summed E-state index contributed by atoms with van der Waals surface area (Å²) in [6, 6.07) is 17.9. The molecule has 0 aliphatic carbocycles. The molecule has 0 amide bonds. The zero-order chi connectivity index (χ0) is 13.5. The fourth-order valence-electron chi connectivity index (χ4n) is 1.93. The van der Waals surface area contributed by atoms with Gasteiger partial charge in [-0.25, -0.2) is 0 Å². The fraction of sp³-hybridized carbons (Fsp3) is 0.250. The van der Waals surface area contributed by atoms with Crippen LogP contribution in [0.4, 0.5) is 0 Å². The summed E-state index contributed by atoms with van der Waals surface area (Å²) < 4.78 is 11.1. The van der Waals surface area contributed by atoms with Crippen molar-refractivity contribution in [1.82, 2.24) is 0 Å². The number of hydrogen-bond donors (Lipinski definition) is 1. The molecule has 0 aliphatic heterocycles. The summed E-state index contributed by atoms with van der Waals surface area (Å²) >= 11 is 0. The molecule has 2 aromatic rings. The van der Waals surface area contributed by atoms with Crippen LogP contribution in [0.5, 0.6) is 5.75 Å². The molecule has 0 saturated carbocycles. The monoisotopic (exact) mass is 257 g/mol. The largest absolute Gasteiger partial charge is 0.497 e. The minimum absolute atomic E-state index is 0.0765. The standard InChI is InChI=1S/C16H19NO2/c1-18-15-9-5-6-13(10-15)12-19-16(11-17)14-7-3-2-4-8-14/h2-10,16H,11-12,17H2,1H3. The highest BCUT2D eigenvalue weighted by Gasteiger charge is 2.09. The third-order valence-corrected chi connectivity index (χ3v) is 2.97. The number of hydrogen-bond acceptors (Lipinski definition) is 3. The second kappa shape index (κ2) is 6.92. The van der Waals surface area contributed by atoms with Crippen molar-refractivity contribution in [1.29, 1.82) is 0 Å². The molecule has 0 aromatic heterocycles. The van der Waals surface area contributed by atoms with Crippen LogP contribution in [-0.2, 0) is 11.3 Å². The van der Waals surface area contributed by atoms with Crippen LogP contribution in [-0.4, -0.2) is 13.7 Å². The molecule has 0 saturated heterocycles. The first-order valence-corrected chi connectivity index (χ1v) is 6.33. The van der Waals surface area contributed by atoms with Crippen molar-refractivity contribution in [2.24, 2.45) is 5.73 Å². The van der Waals surface area contributed by atoms with Gasteiger partial charge < -0.3 is 15.2 Å². The van der Waals surface area contributed by atoms with E-state index in [1.165, 1.54) is 0 Å². The highest BCUT2D eigenvalue weighted by molar-refractivity contribution is 5.28. The van der Waals surface area contributed by atoms with Crippen molar-refractivity contribution in [2.75, 3.05) is 13.7 Å². The van der Waals surface area contributed by atoms with E-state index < -0.39 is 0 Å². The average Bonchev–Trinajstić information content (AvgIpc) is 2.49. The first-order valence-electron chi connectivity index (χ1n) is 6.33. The maximum absolute atomic E-state index is 5.88. The lowest BCUT2D eigenvalue weighted by Gasteiger charge is -2.16. The van der Waals surface area contributed by atoms with Gasteiger partial charge in [-0.3, -0.25) is 0 Å². The predicted molar refractivity (Wildman–Crippen MR) is 76.0 cm³/mol. The molecule has 0 aliphatic rings. The Bertz CT molecular complexity index is 499. The van der Waals surface area contributed by atoms with Crippen molar-refractivity contribution in [3.05, 3.63) is 65.7 Å². The van der Waals surface area contributed by atoms with E-state index in [-0.39, 0.29) is 6.10 Å². The molecule has 0 bridgehead atoms. The molecule has 0 fully saturated rings. The zero-order valence-electron chi connectivity index (χ0n) is 11.1. The van der Waals surface area contributed by atoms with Gasteiger partial charge in [0.15, 0.2) is 0 Å². The van der Waals surface area contributed by atoms with Crippen LogP contribution in [0, 0.1) is 0 Å². The summed E-state index contributed by atoms with van der Waals surface area (Å²) in [5.41, 5.74) is 7.96. The number of methoxy groups -OCH3 is 1. The van der Waals surface area contributed by atoms with E-state index in [0.717, 1.165) is 16.9 Å². The molecule has 2 N–H and O–H groups in total. The average molecular weight is 257 g/mol. The Hall–Kier alpha value is -1.84. The minimum atomic E-state index is -0.0765. The number of ether oxygens (including phenoxy) is 2. The smallest absolute Gasteiger partial charge is 0.119 e. The van der Waals surface area contributed by atoms with E-state index >= 15 is 0 Å². The minimum Gasteiger partial charge on any atom is -0.497 e. The van der Waals surface area contributed by atoms with Crippen molar-refractivity contribution < 1.29 is 9.47 Å². The summed E-state index contributed by atoms with van der Waals surface area (Å²) in [5, 5.41) is 0. The molecule has 100 valence electrons. The highest BCUT2D eigenvalue weighted by atomic mass is 16.5. The van der Waals surface area contributed by atoms with Gasteiger partial charge in [-0.05, 0) is 23.3 Å². The molecular weight excluding hydrogens is 238 g/mol. The van der Waals surface area contributed by atoms with Crippen LogP contribution in [0.2, 0.25) is 0 Å². The zero-order valence-corrected chi connectivity index (χ0v) is 11.1. The maximum Gasteiger partial charge on any atom is 0.119 e. The van der Waals surface area contributed by atoms with E-state index in [9.17, 15) is 0 Å². The molecule has 3 heteroatoms. The summed E-state index contributed by atoms with van der Waals surface area (Å²) in [6.07, 6.45) is -0.0765. The summed E-state index contributed by atoms with van der Waals surface area (Å²) in [5.74, 6) is 0.838. The Morgan fingerprint density at radius 3 is 2.53 bits per heavy atom. The van der Waals surface area contributed by atoms with Crippen LogP contribution >= 0.6 is 0 Å². The Kier molecular flexibility index (Phi) is 4.95. The van der Waals surface area contributed by atoms with Crippen molar-refractivity contribution in [3.63, 3.8) is 0 Å². The number of rotatable bonds is 6. The lowest BCUT2D eigenvalue weighted by molar-refractivity contribution is 0.0455. The topological polar surface area (TPSA) is 44.5 Å².